The molecule has 0 N–H and O–H groups in total. The molecule has 7 nitrogen and oxygen atoms in total. The van der Waals surface area contributed by atoms with Crippen LogP contribution in [-0.2, 0) is 13.2 Å². The molecule has 0 fully saturated rings. The second kappa shape index (κ2) is 8.05. The molecule has 0 saturated carbocycles. The molecule has 0 bridgehead atoms. The molecule has 9 heteroatoms. The Balaban J connectivity index is 1.46. The fourth-order valence-corrected chi connectivity index (χ4v) is 3.30. The summed E-state index contributed by atoms with van der Waals surface area (Å²) in [5.41, 5.74) is 0.485. The van der Waals surface area contributed by atoms with E-state index >= 15 is 0 Å². The molecule has 3 aromatic rings. The van der Waals surface area contributed by atoms with Crippen molar-refractivity contribution < 1.29 is 13.9 Å². The average Bonchev–Trinajstić information content (AvgIpc) is 3.10. The van der Waals surface area contributed by atoms with Crippen LogP contribution < -0.4 is 20.1 Å². The van der Waals surface area contributed by atoms with Gasteiger partial charge in [0.1, 0.15) is 24.2 Å². The highest BCUT2D eigenvalue weighted by Crippen LogP contribution is 2.29. The van der Waals surface area contributed by atoms with E-state index in [9.17, 15) is 9.18 Å². The highest BCUT2D eigenvalue weighted by molar-refractivity contribution is 6.31. The summed E-state index contributed by atoms with van der Waals surface area (Å²) in [6, 6.07) is 12.5. The number of likely N-dealkylation sites (N-methyl/N-ethyl adjacent to an activating group) is 1. The Morgan fingerprint density at radius 3 is 2.80 bits per heavy atom. The maximum Gasteiger partial charge on any atom is 0.352 e. The molecule has 0 amide bonds. The van der Waals surface area contributed by atoms with E-state index in [0.717, 1.165) is 12.4 Å². The van der Waals surface area contributed by atoms with Gasteiger partial charge in [0.25, 0.3) is 0 Å². The van der Waals surface area contributed by atoms with E-state index in [4.69, 9.17) is 26.3 Å². The molecular weight excluding hydrogens is 411 g/mol. The van der Waals surface area contributed by atoms with Gasteiger partial charge >= 0.3 is 5.69 Å². The first kappa shape index (κ1) is 19.7. The second-order valence-electron chi connectivity index (χ2n) is 6.72. The summed E-state index contributed by atoms with van der Waals surface area (Å²) in [7, 11) is 1.89. The molecule has 4 rings (SSSR count). The molecule has 152 valence electrons. The molecule has 0 aliphatic carbocycles. The van der Waals surface area contributed by atoms with Gasteiger partial charge < -0.3 is 14.4 Å². The van der Waals surface area contributed by atoms with E-state index in [-0.39, 0.29) is 28.9 Å². The summed E-state index contributed by atoms with van der Waals surface area (Å²) in [6.45, 7) is 1.37. The number of anilines is 1. The van der Waals surface area contributed by atoms with Crippen molar-refractivity contribution >= 4 is 17.4 Å². The maximum atomic E-state index is 14.5. The number of rotatable bonds is 5. The minimum Gasteiger partial charge on any atom is -0.473 e. The number of hydrogen-bond donors (Lipinski definition) is 0. The first-order valence-electron chi connectivity index (χ1n) is 9.06. The van der Waals surface area contributed by atoms with Crippen LogP contribution in [-0.4, -0.2) is 23.1 Å². The predicted molar refractivity (Wildman–Crippen MR) is 109 cm³/mol. The van der Waals surface area contributed by atoms with Gasteiger partial charge in [-0.1, -0.05) is 17.7 Å². The van der Waals surface area contributed by atoms with Crippen LogP contribution in [0.2, 0.25) is 5.02 Å². The van der Waals surface area contributed by atoms with Crippen LogP contribution in [0.3, 0.4) is 0 Å². The van der Waals surface area contributed by atoms with Gasteiger partial charge in [0.05, 0.1) is 10.6 Å². The molecule has 0 atom stereocenters. The first-order valence-corrected chi connectivity index (χ1v) is 9.44. The monoisotopic (exact) mass is 426 g/mol. The molecule has 0 radical (unpaired) electrons. The molecule has 2 heterocycles. The normalized spacial score (nSPS) is 12.4. The van der Waals surface area contributed by atoms with Gasteiger partial charge in [-0.05, 0) is 29.8 Å². The number of ether oxygens (including phenoxy) is 2. The number of nitrogens with zero attached hydrogens (tertiary/aromatic N) is 4. The first-order chi connectivity index (χ1) is 14.4. The molecule has 1 aromatic heterocycles. The van der Waals surface area contributed by atoms with Crippen LogP contribution in [0.1, 0.15) is 11.1 Å². The van der Waals surface area contributed by atoms with Crippen molar-refractivity contribution in [1.82, 2.24) is 9.55 Å². The minimum atomic E-state index is -0.585. The number of aromatic nitrogens is 2. The number of nitriles is 1. The number of hydrogen-bond acceptors (Lipinski definition) is 6. The molecule has 0 saturated heterocycles. The van der Waals surface area contributed by atoms with Crippen molar-refractivity contribution in [2.75, 3.05) is 18.5 Å². The van der Waals surface area contributed by atoms with Gasteiger partial charge in [-0.3, -0.25) is 4.57 Å². The van der Waals surface area contributed by atoms with Crippen molar-refractivity contribution in [3.8, 4) is 23.4 Å². The van der Waals surface area contributed by atoms with Crippen LogP contribution in [0.5, 0.6) is 17.4 Å². The quantitative estimate of drug-likeness (QED) is 0.618. The standard InChI is InChI=1S/C21H16ClFN4O3/c1-26-6-7-27-20(26)10-19(25-21(27)28)29-12-13-2-5-18(17(23)8-13)30-15-4-3-14(11-24)16(22)9-15/h2-5,8-10H,6-7,12H2,1H3. The third kappa shape index (κ3) is 3.93. The van der Waals surface area contributed by atoms with Crippen LogP contribution in [0.4, 0.5) is 10.2 Å². The van der Waals surface area contributed by atoms with Crippen LogP contribution in [0.25, 0.3) is 0 Å². The summed E-state index contributed by atoms with van der Waals surface area (Å²) < 4.78 is 27.1. The van der Waals surface area contributed by atoms with E-state index in [1.807, 2.05) is 18.0 Å². The topological polar surface area (TPSA) is 80.4 Å². The maximum absolute atomic E-state index is 14.5. The molecular formula is C21H16ClFN4O3. The van der Waals surface area contributed by atoms with Gasteiger partial charge in [0, 0.05) is 32.3 Å². The van der Waals surface area contributed by atoms with Crippen molar-refractivity contribution in [2.24, 2.45) is 0 Å². The zero-order valence-electron chi connectivity index (χ0n) is 15.9. The van der Waals surface area contributed by atoms with E-state index in [2.05, 4.69) is 4.98 Å². The Kier molecular flexibility index (Phi) is 5.29. The number of benzene rings is 2. The Morgan fingerprint density at radius 1 is 1.23 bits per heavy atom. The van der Waals surface area contributed by atoms with Crippen molar-refractivity contribution in [1.29, 1.82) is 5.26 Å². The fourth-order valence-electron chi connectivity index (χ4n) is 3.09. The Bertz CT molecular complexity index is 1220. The molecule has 0 spiro atoms. The third-order valence-corrected chi connectivity index (χ3v) is 5.00. The lowest BCUT2D eigenvalue weighted by Gasteiger charge is -2.13. The second-order valence-corrected chi connectivity index (χ2v) is 7.12. The van der Waals surface area contributed by atoms with E-state index in [1.165, 1.54) is 30.3 Å². The van der Waals surface area contributed by atoms with E-state index in [0.29, 0.717) is 23.4 Å². The minimum absolute atomic E-state index is 0.00930. The van der Waals surface area contributed by atoms with Crippen molar-refractivity contribution in [3.63, 3.8) is 0 Å². The number of halogens is 2. The highest BCUT2D eigenvalue weighted by atomic mass is 35.5. The van der Waals surface area contributed by atoms with E-state index < -0.39 is 5.82 Å². The van der Waals surface area contributed by atoms with Gasteiger partial charge in [0.15, 0.2) is 11.6 Å². The largest absolute Gasteiger partial charge is 0.473 e. The summed E-state index contributed by atoms with van der Waals surface area (Å²) in [6.07, 6.45) is 0. The zero-order chi connectivity index (χ0) is 21.3. The molecule has 2 aromatic carbocycles. The lowest BCUT2D eigenvalue weighted by molar-refractivity contribution is 0.290. The zero-order valence-corrected chi connectivity index (χ0v) is 16.7. The van der Waals surface area contributed by atoms with Crippen LogP contribution >= 0.6 is 11.6 Å². The van der Waals surface area contributed by atoms with Crippen molar-refractivity contribution in [2.45, 2.75) is 13.2 Å². The van der Waals surface area contributed by atoms with Crippen molar-refractivity contribution in [3.05, 3.63) is 74.9 Å². The molecule has 1 aliphatic rings. The van der Waals surface area contributed by atoms with Gasteiger partial charge in [-0.25, -0.2) is 9.18 Å². The average molecular weight is 427 g/mol. The summed E-state index contributed by atoms with van der Waals surface area (Å²) in [5.74, 6) is 0.663. The van der Waals surface area contributed by atoms with Gasteiger partial charge in [-0.2, -0.15) is 10.2 Å². The lowest BCUT2D eigenvalue weighted by Crippen LogP contribution is -2.22. The van der Waals surface area contributed by atoms with Crippen LogP contribution in [0.15, 0.2) is 47.3 Å². The van der Waals surface area contributed by atoms with Crippen LogP contribution in [0, 0.1) is 17.1 Å². The summed E-state index contributed by atoms with van der Waals surface area (Å²) in [4.78, 5) is 17.9. The Labute approximate surface area is 176 Å². The SMILES string of the molecule is CN1CCn2c1cc(OCc1ccc(Oc3ccc(C#N)c(Cl)c3)c(F)c1)nc2=O. The van der Waals surface area contributed by atoms with Gasteiger partial charge in [-0.15, -0.1) is 0 Å². The summed E-state index contributed by atoms with van der Waals surface area (Å²) in [5, 5.41) is 9.13. The van der Waals surface area contributed by atoms with Gasteiger partial charge in [0.2, 0.25) is 5.88 Å². The third-order valence-electron chi connectivity index (χ3n) is 4.69. The molecule has 30 heavy (non-hydrogen) atoms. The number of fused-ring (bicyclic) bond motifs is 1. The molecule has 1 aliphatic heterocycles. The van der Waals surface area contributed by atoms with E-state index in [1.54, 1.807) is 16.7 Å². The highest BCUT2D eigenvalue weighted by Gasteiger charge is 2.19. The summed E-state index contributed by atoms with van der Waals surface area (Å²) >= 11 is 5.97. The predicted octanol–water partition coefficient (Wildman–Crippen LogP) is 3.73. The Morgan fingerprint density at radius 2 is 2.07 bits per heavy atom. The lowest BCUT2D eigenvalue weighted by atomic mass is 10.2. The molecule has 0 unspecified atom stereocenters. The smallest absolute Gasteiger partial charge is 0.352 e. The fraction of sp³-hybridized carbons (Fsp3) is 0.190. The Hall–Kier alpha value is -3.57.